The third-order valence-corrected chi connectivity index (χ3v) is 5.80. The molecule has 2 aromatic rings. The molecule has 5 nitrogen and oxygen atoms in total. The molecule has 140 valence electrons. The molecule has 2 amide bonds. The molecule has 0 saturated heterocycles. The zero-order chi connectivity index (χ0) is 18.7. The van der Waals surface area contributed by atoms with E-state index in [9.17, 15) is 9.59 Å². The summed E-state index contributed by atoms with van der Waals surface area (Å²) in [7, 11) is 3.41. The van der Waals surface area contributed by atoms with Gasteiger partial charge in [-0.25, -0.2) is 4.79 Å². The van der Waals surface area contributed by atoms with Gasteiger partial charge in [0.2, 0.25) is 0 Å². The van der Waals surface area contributed by atoms with E-state index in [-0.39, 0.29) is 11.9 Å². The monoisotopic (exact) mass is 419 g/mol. The number of aromatic nitrogens is 1. The highest BCUT2D eigenvalue weighted by Crippen LogP contribution is 2.29. The van der Waals surface area contributed by atoms with E-state index in [1.165, 1.54) is 43.4 Å². The van der Waals surface area contributed by atoms with Crippen LogP contribution in [0.1, 0.15) is 48.9 Å². The van der Waals surface area contributed by atoms with Gasteiger partial charge in [-0.05, 0) is 30.9 Å². The molecule has 1 fully saturated rings. The number of hydrogen-bond donors (Lipinski definition) is 1. The molecular formula is C20H26BrN3O2. The highest BCUT2D eigenvalue weighted by atomic mass is 79.9. The van der Waals surface area contributed by atoms with Crippen LogP contribution in [0.5, 0.6) is 0 Å². The SMILES string of the molecule is CN(C)C(=O)n1cc(C(=O)NCC2CCCCCC2)c2c(Br)cccc21. The lowest BCUT2D eigenvalue weighted by Gasteiger charge is -2.14. The Kier molecular flexibility index (Phi) is 6.01. The lowest BCUT2D eigenvalue weighted by Crippen LogP contribution is -2.29. The highest BCUT2D eigenvalue weighted by Gasteiger charge is 2.22. The summed E-state index contributed by atoms with van der Waals surface area (Å²) in [5.41, 5.74) is 1.27. The Morgan fingerprint density at radius 2 is 1.88 bits per heavy atom. The molecular weight excluding hydrogens is 394 g/mol. The molecule has 0 aliphatic heterocycles. The van der Waals surface area contributed by atoms with Crippen LogP contribution in [0, 0.1) is 5.92 Å². The molecule has 1 aromatic carbocycles. The maximum atomic E-state index is 12.9. The fourth-order valence-corrected chi connectivity index (χ4v) is 4.26. The molecule has 0 bridgehead atoms. The predicted octanol–water partition coefficient (Wildman–Crippen LogP) is 4.63. The first-order valence-corrected chi connectivity index (χ1v) is 10.1. The summed E-state index contributed by atoms with van der Waals surface area (Å²) >= 11 is 3.54. The first-order valence-electron chi connectivity index (χ1n) is 9.28. The van der Waals surface area contributed by atoms with Crippen LogP contribution in [0.15, 0.2) is 28.9 Å². The minimum atomic E-state index is -0.170. The average Bonchev–Trinajstić information content (AvgIpc) is 2.82. The fourth-order valence-electron chi connectivity index (χ4n) is 3.69. The molecule has 1 saturated carbocycles. The van der Waals surface area contributed by atoms with E-state index in [4.69, 9.17) is 0 Å². The summed E-state index contributed by atoms with van der Waals surface area (Å²) in [6, 6.07) is 5.47. The van der Waals surface area contributed by atoms with Crippen LogP contribution in [0.25, 0.3) is 10.9 Å². The van der Waals surface area contributed by atoms with Crippen LogP contribution >= 0.6 is 15.9 Å². The van der Waals surface area contributed by atoms with E-state index in [0.717, 1.165) is 15.4 Å². The first-order chi connectivity index (χ1) is 12.5. The van der Waals surface area contributed by atoms with E-state index < -0.39 is 0 Å². The lowest BCUT2D eigenvalue weighted by molar-refractivity contribution is 0.0947. The van der Waals surface area contributed by atoms with Gasteiger partial charge in [0.25, 0.3) is 5.91 Å². The second-order valence-electron chi connectivity index (χ2n) is 7.29. The van der Waals surface area contributed by atoms with Crippen LogP contribution < -0.4 is 5.32 Å². The maximum Gasteiger partial charge on any atom is 0.328 e. The zero-order valence-corrected chi connectivity index (χ0v) is 17.0. The minimum absolute atomic E-state index is 0.114. The van der Waals surface area contributed by atoms with Crippen LogP contribution in [0.4, 0.5) is 4.79 Å². The lowest BCUT2D eigenvalue weighted by atomic mass is 10.0. The summed E-state index contributed by atoms with van der Waals surface area (Å²) < 4.78 is 2.36. The van der Waals surface area contributed by atoms with E-state index >= 15 is 0 Å². The number of nitrogens with one attached hydrogen (secondary N) is 1. The van der Waals surface area contributed by atoms with E-state index in [1.807, 2.05) is 18.2 Å². The van der Waals surface area contributed by atoms with Crippen molar-refractivity contribution in [3.05, 3.63) is 34.4 Å². The van der Waals surface area contributed by atoms with Gasteiger partial charge in [0, 0.05) is 36.7 Å². The number of hydrogen-bond acceptors (Lipinski definition) is 2. The molecule has 0 atom stereocenters. The van der Waals surface area contributed by atoms with Crippen molar-refractivity contribution in [1.82, 2.24) is 14.8 Å². The highest BCUT2D eigenvalue weighted by molar-refractivity contribution is 9.10. The van der Waals surface area contributed by atoms with Crippen LogP contribution in [-0.2, 0) is 0 Å². The smallest absolute Gasteiger partial charge is 0.328 e. The molecule has 0 unspecified atom stereocenters. The second-order valence-corrected chi connectivity index (χ2v) is 8.15. The van der Waals surface area contributed by atoms with Crippen molar-refractivity contribution in [3.8, 4) is 0 Å². The van der Waals surface area contributed by atoms with Crippen LogP contribution in [0.3, 0.4) is 0 Å². The van der Waals surface area contributed by atoms with Gasteiger partial charge in [-0.3, -0.25) is 9.36 Å². The van der Waals surface area contributed by atoms with E-state index in [0.29, 0.717) is 18.0 Å². The normalized spacial score (nSPS) is 15.7. The van der Waals surface area contributed by atoms with Crippen molar-refractivity contribution in [2.45, 2.75) is 38.5 Å². The standard InChI is InChI=1S/C20H26BrN3O2/c1-23(2)20(26)24-13-15(18-16(21)10-7-11-17(18)24)19(25)22-12-14-8-5-3-4-6-9-14/h7,10-11,13-14H,3-6,8-9,12H2,1-2H3,(H,22,25). The van der Waals surface area contributed by atoms with Crippen molar-refractivity contribution < 1.29 is 9.59 Å². The molecule has 1 aromatic heterocycles. The number of carbonyl (C=O) groups excluding carboxylic acids is 2. The molecule has 3 rings (SSSR count). The van der Waals surface area contributed by atoms with Crippen molar-refractivity contribution in [2.24, 2.45) is 5.92 Å². The first kappa shape index (κ1) is 19.0. The number of rotatable bonds is 3. The third kappa shape index (κ3) is 3.95. The van der Waals surface area contributed by atoms with Gasteiger partial charge in [-0.2, -0.15) is 0 Å². The quantitative estimate of drug-likeness (QED) is 0.736. The summed E-state index contributed by atoms with van der Waals surface area (Å²) in [6.45, 7) is 0.706. The van der Waals surface area contributed by atoms with Gasteiger partial charge in [0.15, 0.2) is 0 Å². The van der Waals surface area contributed by atoms with Gasteiger partial charge in [-0.1, -0.05) is 47.7 Å². The van der Waals surface area contributed by atoms with Gasteiger partial charge < -0.3 is 10.2 Å². The topological polar surface area (TPSA) is 54.3 Å². The average molecular weight is 420 g/mol. The number of halogens is 1. The Labute approximate surface area is 162 Å². The Balaban J connectivity index is 1.86. The molecule has 0 spiro atoms. The van der Waals surface area contributed by atoms with Crippen molar-refractivity contribution in [3.63, 3.8) is 0 Å². The molecule has 1 heterocycles. The molecule has 6 heteroatoms. The van der Waals surface area contributed by atoms with E-state index in [2.05, 4.69) is 21.2 Å². The Morgan fingerprint density at radius 1 is 1.19 bits per heavy atom. The minimum Gasteiger partial charge on any atom is -0.352 e. The summed E-state index contributed by atoms with van der Waals surface area (Å²) in [5.74, 6) is 0.443. The number of carbonyl (C=O) groups is 2. The number of nitrogens with zero attached hydrogens (tertiary/aromatic N) is 2. The molecule has 1 aliphatic carbocycles. The molecule has 26 heavy (non-hydrogen) atoms. The van der Waals surface area contributed by atoms with Crippen LogP contribution in [-0.4, -0.2) is 42.0 Å². The molecule has 1 aliphatic rings. The third-order valence-electron chi connectivity index (χ3n) is 5.14. The van der Waals surface area contributed by atoms with Gasteiger partial charge in [0.1, 0.15) is 0 Å². The van der Waals surface area contributed by atoms with Gasteiger partial charge in [0.05, 0.1) is 11.1 Å². The predicted molar refractivity (Wildman–Crippen MR) is 108 cm³/mol. The fraction of sp³-hybridized carbons (Fsp3) is 0.500. The maximum absolute atomic E-state index is 12.9. The largest absolute Gasteiger partial charge is 0.352 e. The Hall–Kier alpha value is -1.82. The Bertz CT molecular complexity index is 805. The van der Waals surface area contributed by atoms with Crippen LogP contribution in [0.2, 0.25) is 0 Å². The van der Waals surface area contributed by atoms with Crippen molar-refractivity contribution in [2.75, 3.05) is 20.6 Å². The number of amides is 2. The summed E-state index contributed by atoms with van der Waals surface area (Å²) in [4.78, 5) is 26.9. The zero-order valence-electron chi connectivity index (χ0n) is 15.4. The summed E-state index contributed by atoms with van der Waals surface area (Å²) in [6.07, 6.45) is 9.14. The van der Waals surface area contributed by atoms with Crippen molar-refractivity contribution in [1.29, 1.82) is 0 Å². The van der Waals surface area contributed by atoms with Gasteiger partial charge >= 0.3 is 6.03 Å². The Morgan fingerprint density at radius 3 is 2.54 bits per heavy atom. The number of benzene rings is 1. The molecule has 0 radical (unpaired) electrons. The summed E-state index contributed by atoms with van der Waals surface area (Å²) in [5, 5.41) is 3.88. The van der Waals surface area contributed by atoms with Gasteiger partial charge in [-0.15, -0.1) is 0 Å². The van der Waals surface area contributed by atoms with Crippen molar-refractivity contribution >= 4 is 38.8 Å². The second kappa shape index (κ2) is 8.25. The number of fused-ring (bicyclic) bond motifs is 1. The van der Waals surface area contributed by atoms with E-state index in [1.54, 1.807) is 24.9 Å². The molecule has 1 N–H and O–H groups in total.